The van der Waals surface area contributed by atoms with Crippen LogP contribution in [0.2, 0.25) is 0 Å². The molecule has 0 atom stereocenters. The summed E-state index contributed by atoms with van der Waals surface area (Å²) >= 11 is 0. The molecular weight excluding hydrogens is 593 g/mol. The van der Waals surface area contributed by atoms with Crippen molar-refractivity contribution in [3.8, 4) is 22.4 Å². The lowest BCUT2D eigenvalue weighted by Crippen LogP contribution is -2.25. The fourth-order valence-electron chi connectivity index (χ4n) is 6.83. The normalized spacial score (nSPS) is 11.9. The molecule has 0 aliphatic carbocycles. The van der Waals surface area contributed by atoms with Gasteiger partial charge in [0.1, 0.15) is 11.2 Å². The van der Waals surface area contributed by atoms with Crippen molar-refractivity contribution < 1.29 is 8.98 Å². The predicted octanol–water partition coefficient (Wildman–Crippen LogP) is 10.3. The number of benzene rings is 7. The van der Waals surface area contributed by atoms with Crippen molar-refractivity contribution in [1.29, 1.82) is 0 Å². The fourth-order valence-corrected chi connectivity index (χ4v) is 9.53. The Balaban J connectivity index is 1.20. The molecule has 9 aromatic rings. The average molecular weight is 622 g/mol. The maximum atomic E-state index is 15.0. The van der Waals surface area contributed by atoms with Crippen LogP contribution in [0.15, 0.2) is 174 Å². The lowest BCUT2D eigenvalue weighted by molar-refractivity contribution is 0.592. The largest absolute Gasteiger partial charge is 0.455 e. The number of para-hydroxylation sites is 1. The van der Waals surface area contributed by atoms with Crippen LogP contribution < -0.4 is 15.9 Å². The number of furan rings is 1. The molecule has 222 valence electrons. The molecule has 0 amide bonds. The first-order chi connectivity index (χ1) is 23.2. The maximum absolute atomic E-state index is 15.0. The number of nitrogens with zero attached hydrogens (tertiary/aromatic N) is 1. The minimum atomic E-state index is -3.09. The van der Waals surface area contributed by atoms with E-state index in [1.54, 1.807) is 0 Å². The van der Waals surface area contributed by atoms with Gasteiger partial charge < -0.3 is 8.98 Å². The zero-order chi connectivity index (χ0) is 31.4. The third-order valence-corrected chi connectivity index (χ3v) is 12.2. The monoisotopic (exact) mass is 621 g/mol. The summed E-state index contributed by atoms with van der Waals surface area (Å²) in [6, 6.07) is 57.1. The number of hydrogen-bond acceptors (Lipinski definition) is 3. The highest BCUT2D eigenvalue weighted by atomic mass is 31.2. The van der Waals surface area contributed by atoms with Gasteiger partial charge in [-0.25, -0.2) is 4.98 Å². The average Bonchev–Trinajstić information content (AvgIpc) is 3.55. The lowest BCUT2D eigenvalue weighted by Gasteiger charge is -2.20. The number of aromatic nitrogens is 1. The summed E-state index contributed by atoms with van der Waals surface area (Å²) in [7, 11) is -3.09. The van der Waals surface area contributed by atoms with Crippen molar-refractivity contribution in [2.24, 2.45) is 0 Å². The zero-order valence-electron chi connectivity index (χ0n) is 25.4. The molecule has 0 bridgehead atoms. The molecule has 2 aromatic heterocycles. The summed E-state index contributed by atoms with van der Waals surface area (Å²) in [5.74, 6) is 0. The second-order valence-electron chi connectivity index (χ2n) is 11.9. The smallest absolute Gasteiger partial charge is 0.171 e. The molecule has 2 heterocycles. The highest BCUT2D eigenvalue weighted by molar-refractivity contribution is 7.85. The summed E-state index contributed by atoms with van der Waals surface area (Å²) in [6.07, 6.45) is 0. The van der Waals surface area contributed by atoms with E-state index in [2.05, 4.69) is 78.9 Å². The van der Waals surface area contributed by atoms with Crippen LogP contribution >= 0.6 is 7.14 Å². The van der Waals surface area contributed by atoms with Crippen molar-refractivity contribution in [3.05, 3.63) is 170 Å². The van der Waals surface area contributed by atoms with Crippen LogP contribution in [0, 0.1) is 0 Å². The van der Waals surface area contributed by atoms with Crippen molar-refractivity contribution >= 4 is 66.7 Å². The molecule has 0 radical (unpaired) electrons. The molecule has 7 aromatic carbocycles. The Morgan fingerprint density at radius 3 is 1.83 bits per heavy atom. The van der Waals surface area contributed by atoms with E-state index >= 15 is 4.57 Å². The van der Waals surface area contributed by atoms with Gasteiger partial charge in [-0.1, -0.05) is 152 Å². The first-order valence-corrected chi connectivity index (χ1v) is 17.4. The minimum Gasteiger partial charge on any atom is -0.455 e. The second-order valence-corrected chi connectivity index (χ2v) is 14.6. The zero-order valence-corrected chi connectivity index (χ0v) is 26.3. The van der Waals surface area contributed by atoms with Crippen molar-refractivity contribution in [1.82, 2.24) is 4.98 Å². The van der Waals surface area contributed by atoms with Crippen LogP contribution in [0.1, 0.15) is 0 Å². The van der Waals surface area contributed by atoms with Crippen LogP contribution in [-0.4, -0.2) is 4.98 Å². The molecule has 4 heteroatoms. The van der Waals surface area contributed by atoms with Gasteiger partial charge in [0.25, 0.3) is 0 Å². The summed E-state index contributed by atoms with van der Waals surface area (Å²) in [5, 5.41) is 7.78. The molecule has 9 rings (SSSR count). The Hall–Kier alpha value is -5.76. The molecule has 0 aliphatic heterocycles. The molecule has 47 heavy (non-hydrogen) atoms. The first kappa shape index (κ1) is 27.5. The molecule has 0 unspecified atom stereocenters. The molecular formula is C43H28NO2P. The highest BCUT2D eigenvalue weighted by Gasteiger charge is 2.29. The van der Waals surface area contributed by atoms with E-state index < -0.39 is 7.14 Å². The fraction of sp³-hybridized carbons (Fsp3) is 0. The lowest BCUT2D eigenvalue weighted by atomic mass is 9.98. The van der Waals surface area contributed by atoms with Gasteiger partial charge in [-0.3, -0.25) is 0 Å². The summed E-state index contributed by atoms with van der Waals surface area (Å²) < 4.78 is 21.6. The summed E-state index contributed by atoms with van der Waals surface area (Å²) in [6.45, 7) is 0. The summed E-state index contributed by atoms with van der Waals surface area (Å²) in [4.78, 5) is 5.34. The molecule has 0 N–H and O–H groups in total. The Kier molecular flexibility index (Phi) is 6.41. The van der Waals surface area contributed by atoms with Crippen LogP contribution in [0.5, 0.6) is 0 Å². The third kappa shape index (κ3) is 4.43. The van der Waals surface area contributed by atoms with Crippen molar-refractivity contribution in [2.45, 2.75) is 0 Å². The Bertz CT molecular complexity index is 2600. The van der Waals surface area contributed by atoms with Crippen LogP contribution in [0.3, 0.4) is 0 Å². The Morgan fingerprint density at radius 2 is 1.09 bits per heavy atom. The van der Waals surface area contributed by atoms with Gasteiger partial charge in [-0.05, 0) is 34.7 Å². The van der Waals surface area contributed by atoms with Gasteiger partial charge in [0.15, 0.2) is 7.14 Å². The highest BCUT2D eigenvalue weighted by Crippen LogP contribution is 2.44. The van der Waals surface area contributed by atoms with E-state index in [4.69, 9.17) is 9.40 Å². The van der Waals surface area contributed by atoms with Crippen molar-refractivity contribution in [2.75, 3.05) is 0 Å². The standard InChI is InChI=1S/C43H28NO2P/c45-47(33-14-3-1-4-15-33,34-16-5-2-6-17-34)35-18-11-13-32(28-35)29-22-24-31(25-23-29)41-40-37-20-9-10-21-39(37)46-43(40)38-27-26-30-12-7-8-19-36(30)42(38)44-41/h1-28H. The van der Waals surface area contributed by atoms with E-state index in [0.29, 0.717) is 0 Å². The van der Waals surface area contributed by atoms with Crippen molar-refractivity contribution in [3.63, 3.8) is 0 Å². The van der Waals surface area contributed by atoms with E-state index in [1.807, 2.05) is 91.0 Å². The van der Waals surface area contributed by atoms with Gasteiger partial charge in [0.05, 0.1) is 16.6 Å². The second kappa shape index (κ2) is 10.9. The Labute approximate surface area is 272 Å². The maximum Gasteiger partial charge on any atom is 0.171 e. The topological polar surface area (TPSA) is 43.1 Å². The van der Waals surface area contributed by atoms with E-state index in [9.17, 15) is 0 Å². The molecule has 0 spiro atoms. The molecule has 3 nitrogen and oxygen atoms in total. The summed E-state index contributed by atoms with van der Waals surface area (Å²) in [5.41, 5.74) is 6.59. The number of rotatable bonds is 5. The predicted molar refractivity (Wildman–Crippen MR) is 197 cm³/mol. The number of fused-ring (bicyclic) bond motifs is 7. The first-order valence-electron chi connectivity index (χ1n) is 15.7. The van der Waals surface area contributed by atoms with Crippen LogP contribution in [0.4, 0.5) is 0 Å². The minimum absolute atomic E-state index is 0.811. The third-order valence-electron chi connectivity index (χ3n) is 9.14. The van der Waals surface area contributed by atoms with Crippen LogP contribution in [-0.2, 0) is 4.57 Å². The molecule has 0 aliphatic rings. The quantitative estimate of drug-likeness (QED) is 0.142. The number of pyridine rings is 1. The van der Waals surface area contributed by atoms with Gasteiger partial charge in [0.2, 0.25) is 0 Å². The van der Waals surface area contributed by atoms with Gasteiger partial charge in [-0.2, -0.15) is 0 Å². The molecule has 0 fully saturated rings. The van der Waals surface area contributed by atoms with Gasteiger partial charge in [0, 0.05) is 37.6 Å². The Morgan fingerprint density at radius 1 is 0.468 bits per heavy atom. The van der Waals surface area contributed by atoms with E-state index in [0.717, 1.165) is 81.9 Å². The van der Waals surface area contributed by atoms with Gasteiger partial charge >= 0.3 is 0 Å². The molecule has 0 saturated carbocycles. The van der Waals surface area contributed by atoms with E-state index in [1.165, 1.54) is 0 Å². The number of hydrogen-bond donors (Lipinski definition) is 0. The molecule has 0 saturated heterocycles. The van der Waals surface area contributed by atoms with E-state index in [-0.39, 0.29) is 0 Å². The SMILES string of the molecule is O=P(c1ccccc1)(c1ccccc1)c1cccc(-c2ccc(-c3nc4c5ccccc5ccc4c4oc5ccccc5c34)cc2)c1. The van der Waals surface area contributed by atoms with Gasteiger partial charge in [-0.15, -0.1) is 0 Å². The van der Waals surface area contributed by atoms with Crippen LogP contribution in [0.25, 0.3) is 66.0 Å².